The van der Waals surface area contributed by atoms with Crippen LogP contribution in [-0.2, 0) is 18.4 Å². The third-order valence-corrected chi connectivity index (χ3v) is 3.91. The Morgan fingerprint density at radius 3 is 2.78 bits per heavy atom. The number of aromatic nitrogens is 3. The molecule has 2 heterocycles. The van der Waals surface area contributed by atoms with E-state index in [2.05, 4.69) is 17.2 Å². The topological polar surface area (TPSA) is 68.9 Å². The molecule has 23 heavy (non-hydrogen) atoms. The molecular weight excluding hydrogens is 292 g/mol. The van der Waals surface area contributed by atoms with Crippen molar-refractivity contribution in [3.63, 3.8) is 0 Å². The predicted molar refractivity (Wildman–Crippen MR) is 89.1 cm³/mol. The molecule has 0 spiro atoms. The van der Waals surface area contributed by atoms with Gasteiger partial charge in [0.25, 0.3) is 5.56 Å². The number of hydrogen-bond donors (Lipinski definition) is 1. The lowest BCUT2D eigenvalue weighted by Gasteiger charge is -2.18. The largest absolute Gasteiger partial charge is 0.346 e. The first-order valence-corrected chi connectivity index (χ1v) is 7.96. The molecule has 0 aliphatic heterocycles. The van der Waals surface area contributed by atoms with E-state index in [4.69, 9.17) is 0 Å². The Morgan fingerprint density at radius 1 is 1.39 bits per heavy atom. The van der Waals surface area contributed by atoms with E-state index in [1.54, 1.807) is 16.8 Å². The van der Waals surface area contributed by atoms with Gasteiger partial charge in [0.2, 0.25) is 5.91 Å². The van der Waals surface area contributed by atoms with Gasteiger partial charge in [-0.15, -0.1) is 0 Å². The Bertz CT molecular complexity index is 717. The minimum absolute atomic E-state index is 0.0680. The highest BCUT2D eigenvalue weighted by Crippen LogP contribution is 2.16. The van der Waals surface area contributed by atoms with Crippen molar-refractivity contribution >= 4 is 5.91 Å². The minimum Gasteiger partial charge on any atom is -0.346 e. The maximum absolute atomic E-state index is 12.3. The first kappa shape index (κ1) is 17.0. The van der Waals surface area contributed by atoms with Crippen molar-refractivity contribution in [2.75, 3.05) is 0 Å². The second kappa shape index (κ2) is 7.76. The maximum Gasteiger partial charge on any atom is 0.250 e. The normalized spacial score (nSPS) is 12.1. The molecule has 0 aliphatic rings. The number of amides is 1. The summed E-state index contributed by atoms with van der Waals surface area (Å²) in [5.41, 5.74) is 0.784. The number of imidazole rings is 1. The van der Waals surface area contributed by atoms with Crippen molar-refractivity contribution in [2.45, 2.75) is 45.7 Å². The van der Waals surface area contributed by atoms with E-state index in [1.807, 2.05) is 30.8 Å². The molecule has 0 bridgehead atoms. The molecule has 6 heteroatoms. The van der Waals surface area contributed by atoms with E-state index in [9.17, 15) is 9.59 Å². The highest BCUT2D eigenvalue weighted by Gasteiger charge is 2.17. The quantitative estimate of drug-likeness (QED) is 0.848. The van der Waals surface area contributed by atoms with Crippen LogP contribution in [0.2, 0.25) is 0 Å². The summed E-state index contributed by atoms with van der Waals surface area (Å²) in [6.45, 7) is 4.33. The number of hydrogen-bond acceptors (Lipinski definition) is 3. The molecule has 2 rings (SSSR count). The third kappa shape index (κ3) is 4.31. The Labute approximate surface area is 136 Å². The zero-order valence-corrected chi connectivity index (χ0v) is 14.0. The summed E-state index contributed by atoms with van der Waals surface area (Å²) in [4.78, 5) is 28.4. The molecule has 0 unspecified atom stereocenters. The second-order valence-corrected chi connectivity index (χ2v) is 5.71. The summed E-state index contributed by atoms with van der Waals surface area (Å²) < 4.78 is 3.54. The lowest BCUT2D eigenvalue weighted by atomic mass is 10.1. The number of carbonyl (C=O) groups is 1. The fourth-order valence-electron chi connectivity index (χ4n) is 2.66. The van der Waals surface area contributed by atoms with Crippen molar-refractivity contribution < 1.29 is 4.79 Å². The second-order valence-electron chi connectivity index (χ2n) is 5.71. The van der Waals surface area contributed by atoms with Gasteiger partial charge in [-0.3, -0.25) is 9.59 Å². The number of rotatable bonds is 7. The summed E-state index contributed by atoms with van der Waals surface area (Å²) in [5, 5.41) is 3.03. The molecule has 1 amide bonds. The number of nitrogens with one attached hydrogen (secondary N) is 1. The van der Waals surface area contributed by atoms with Gasteiger partial charge in [0, 0.05) is 44.2 Å². The molecule has 6 nitrogen and oxygen atoms in total. The molecule has 1 N–H and O–H groups in total. The lowest BCUT2D eigenvalue weighted by molar-refractivity contribution is -0.122. The van der Waals surface area contributed by atoms with Crippen LogP contribution in [0, 0.1) is 6.92 Å². The summed E-state index contributed by atoms with van der Waals surface area (Å²) in [7, 11) is 1.92. The van der Waals surface area contributed by atoms with Gasteiger partial charge in [-0.25, -0.2) is 4.98 Å². The number of carbonyl (C=O) groups excluding carboxylic acids is 1. The average molecular weight is 316 g/mol. The molecule has 0 aromatic carbocycles. The molecule has 1 atom stereocenters. The lowest BCUT2D eigenvalue weighted by Crippen LogP contribution is -2.32. The smallest absolute Gasteiger partial charge is 0.250 e. The van der Waals surface area contributed by atoms with Crippen molar-refractivity contribution in [3.8, 4) is 0 Å². The van der Waals surface area contributed by atoms with Crippen LogP contribution in [0.4, 0.5) is 0 Å². The zero-order valence-electron chi connectivity index (χ0n) is 14.0. The van der Waals surface area contributed by atoms with Crippen molar-refractivity contribution in [2.24, 2.45) is 7.05 Å². The molecular formula is C17H24N4O2. The summed E-state index contributed by atoms with van der Waals surface area (Å²) >= 11 is 0. The summed E-state index contributed by atoms with van der Waals surface area (Å²) in [6, 6.07) is 5.01. The molecule has 0 saturated heterocycles. The van der Waals surface area contributed by atoms with Gasteiger partial charge in [0.15, 0.2) is 0 Å². The zero-order chi connectivity index (χ0) is 16.8. The Hall–Kier alpha value is -2.37. The molecule has 0 fully saturated rings. The third-order valence-electron chi connectivity index (χ3n) is 3.91. The summed E-state index contributed by atoms with van der Waals surface area (Å²) in [6.07, 6.45) is 5.67. The van der Waals surface area contributed by atoms with Crippen LogP contribution in [0.1, 0.15) is 43.7 Å². The van der Waals surface area contributed by atoms with Gasteiger partial charge < -0.3 is 14.5 Å². The molecule has 2 aromatic rings. The van der Waals surface area contributed by atoms with Crippen molar-refractivity contribution in [1.29, 1.82) is 0 Å². The van der Waals surface area contributed by atoms with E-state index in [1.165, 1.54) is 6.07 Å². The molecule has 124 valence electrons. The fourth-order valence-corrected chi connectivity index (χ4v) is 2.66. The fraction of sp³-hybridized carbons (Fsp3) is 0.471. The van der Waals surface area contributed by atoms with E-state index in [-0.39, 0.29) is 23.9 Å². The number of nitrogens with zero attached hydrogens (tertiary/aromatic N) is 3. The molecule has 0 aliphatic carbocycles. The first-order valence-electron chi connectivity index (χ1n) is 7.96. The highest BCUT2D eigenvalue weighted by atomic mass is 16.2. The van der Waals surface area contributed by atoms with Crippen LogP contribution in [0.3, 0.4) is 0 Å². The molecule has 0 saturated carbocycles. The molecule has 0 radical (unpaired) electrons. The van der Waals surface area contributed by atoms with Gasteiger partial charge in [-0.1, -0.05) is 19.4 Å². The SMILES string of the molecule is CCC[C@@H](NC(=O)CCn1c(C)cccc1=O)c1nccn1C. The Balaban J connectivity index is 2.00. The molecule has 2 aromatic heterocycles. The Morgan fingerprint density at radius 2 is 2.17 bits per heavy atom. The standard InChI is InChI=1S/C17H24N4O2/c1-4-6-14(17-18-10-12-20(17)3)19-15(22)9-11-21-13(2)7-5-8-16(21)23/h5,7-8,10,12,14H,4,6,9,11H2,1-3H3,(H,19,22)/t14-/m1/s1. The van der Waals surface area contributed by atoms with Crippen LogP contribution < -0.4 is 10.9 Å². The highest BCUT2D eigenvalue weighted by molar-refractivity contribution is 5.76. The summed E-state index contributed by atoms with van der Waals surface area (Å²) in [5.74, 6) is 0.787. The van der Waals surface area contributed by atoms with Crippen LogP contribution in [0.15, 0.2) is 35.4 Å². The van der Waals surface area contributed by atoms with E-state index < -0.39 is 0 Å². The predicted octanol–water partition coefficient (Wildman–Crippen LogP) is 1.94. The van der Waals surface area contributed by atoms with E-state index >= 15 is 0 Å². The first-order chi connectivity index (χ1) is 11.0. The van der Waals surface area contributed by atoms with Gasteiger partial charge >= 0.3 is 0 Å². The van der Waals surface area contributed by atoms with Crippen molar-refractivity contribution in [3.05, 3.63) is 52.5 Å². The average Bonchev–Trinajstić information content (AvgIpc) is 2.92. The van der Waals surface area contributed by atoms with Crippen LogP contribution >= 0.6 is 0 Å². The number of aryl methyl sites for hydroxylation is 2. The van der Waals surface area contributed by atoms with Gasteiger partial charge in [-0.05, 0) is 19.4 Å². The maximum atomic E-state index is 12.3. The Kier molecular flexibility index (Phi) is 5.73. The van der Waals surface area contributed by atoms with Crippen LogP contribution in [0.25, 0.3) is 0 Å². The minimum atomic E-state index is -0.0962. The van der Waals surface area contributed by atoms with Crippen molar-refractivity contribution in [1.82, 2.24) is 19.4 Å². The van der Waals surface area contributed by atoms with Gasteiger partial charge in [0.05, 0.1) is 6.04 Å². The monoisotopic (exact) mass is 316 g/mol. The van der Waals surface area contributed by atoms with E-state index in [0.29, 0.717) is 6.54 Å². The van der Waals surface area contributed by atoms with Crippen LogP contribution in [0.5, 0.6) is 0 Å². The van der Waals surface area contributed by atoms with Crippen LogP contribution in [-0.4, -0.2) is 20.0 Å². The van der Waals surface area contributed by atoms with Gasteiger partial charge in [-0.2, -0.15) is 0 Å². The van der Waals surface area contributed by atoms with E-state index in [0.717, 1.165) is 24.4 Å². The van der Waals surface area contributed by atoms with Gasteiger partial charge in [0.1, 0.15) is 5.82 Å². The number of pyridine rings is 1.